The first kappa shape index (κ1) is 20.6. The minimum atomic E-state index is -4.32. The van der Waals surface area contributed by atoms with Gasteiger partial charge in [0.15, 0.2) is 0 Å². The molecule has 0 bridgehead atoms. The van der Waals surface area contributed by atoms with Gasteiger partial charge in [-0.15, -0.1) is 0 Å². The van der Waals surface area contributed by atoms with Crippen LogP contribution in [0.15, 0.2) is 84.9 Å². The Morgan fingerprint density at radius 3 is 1.56 bits per heavy atom. The van der Waals surface area contributed by atoms with Gasteiger partial charge in [-0.3, -0.25) is 9.97 Å². The molecule has 0 spiro atoms. The van der Waals surface area contributed by atoms with Crippen molar-refractivity contribution in [2.45, 2.75) is 5.78 Å². The van der Waals surface area contributed by atoms with Crippen molar-refractivity contribution in [1.82, 2.24) is 0 Å². The quantitative estimate of drug-likeness (QED) is 0.267. The number of nitrogens with two attached hydrogens (primary N) is 2. The van der Waals surface area contributed by atoms with Crippen molar-refractivity contribution in [3.05, 3.63) is 96.1 Å². The van der Waals surface area contributed by atoms with Crippen molar-refractivity contribution in [1.29, 1.82) is 5.41 Å². The second-order valence-electron chi connectivity index (χ2n) is 5.80. The zero-order chi connectivity index (χ0) is 19.9. The lowest BCUT2D eigenvalue weighted by Crippen LogP contribution is -2.13. The van der Waals surface area contributed by atoms with Crippen molar-refractivity contribution in [3.8, 4) is 11.1 Å². The van der Waals surface area contributed by atoms with Crippen LogP contribution in [-0.2, 0) is 4.57 Å². The van der Waals surface area contributed by atoms with E-state index in [-0.39, 0.29) is 5.84 Å². The molecule has 140 valence electrons. The summed E-state index contributed by atoms with van der Waals surface area (Å²) >= 11 is 0. The first-order valence-corrected chi connectivity index (χ1v) is 9.83. The van der Waals surface area contributed by atoms with E-state index in [4.69, 9.17) is 26.7 Å². The topological polar surface area (TPSA) is 133 Å². The Balaban J connectivity index is 0.000000198. The fourth-order valence-electron chi connectivity index (χ4n) is 2.32. The van der Waals surface area contributed by atoms with Crippen molar-refractivity contribution >= 4 is 13.4 Å². The van der Waals surface area contributed by atoms with Gasteiger partial charge in [0.25, 0.3) is 0 Å². The molecule has 0 radical (unpaired) electrons. The molecule has 27 heavy (non-hydrogen) atoms. The van der Waals surface area contributed by atoms with Crippen LogP contribution >= 0.6 is 7.60 Å². The van der Waals surface area contributed by atoms with Gasteiger partial charge >= 0.3 is 7.60 Å². The Hall–Kier alpha value is -2.76. The highest BCUT2D eigenvalue weighted by Gasteiger charge is 2.26. The Labute approximate surface area is 158 Å². The lowest BCUT2D eigenvalue weighted by molar-refractivity contribution is 0.359. The van der Waals surface area contributed by atoms with Crippen LogP contribution in [0.25, 0.3) is 11.1 Å². The number of rotatable bonds is 4. The van der Waals surface area contributed by atoms with E-state index >= 15 is 0 Å². The molecule has 1 unspecified atom stereocenters. The zero-order valence-electron chi connectivity index (χ0n) is 14.6. The average molecular weight is 383 g/mol. The van der Waals surface area contributed by atoms with Crippen molar-refractivity contribution in [2.24, 2.45) is 11.5 Å². The summed E-state index contributed by atoms with van der Waals surface area (Å²) in [6.07, 6.45) is 0. The Kier molecular flexibility index (Phi) is 7.05. The van der Waals surface area contributed by atoms with Gasteiger partial charge in [0, 0.05) is 5.56 Å². The molecule has 3 rings (SSSR count). The molecule has 0 saturated heterocycles. The molecule has 0 aliphatic rings. The maximum absolute atomic E-state index is 10.9. The number of nitrogens with one attached hydrogen (secondary N) is 1. The number of hydrogen-bond acceptors (Lipinski definition) is 3. The molecule has 0 amide bonds. The molecule has 0 heterocycles. The van der Waals surface area contributed by atoms with E-state index in [1.165, 1.54) is 35.4 Å². The van der Waals surface area contributed by atoms with Crippen LogP contribution in [0.3, 0.4) is 0 Å². The molecule has 1 atom stereocenters. The van der Waals surface area contributed by atoms with Crippen LogP contribution in [0.4, 0.5) is 0 Å². The van der Waals surface area contributed by atoms with Crippen LogP contribution in [-0.4, -0.2) is 15.6 Å². The summed E-state index contributed by atoms with van der Waals surface area (Å²) in [6.45, 7) is 0. The summed E-state index contributed by atoms with van der Waals surface area (Å²) in [4.78, 5) is 17.7. The highest BCUT2D eigenvalue weighted by atomic mass is 31.2. The minimum absolute atomic E-state index is 0.105. The minimum Gasteiger partial charge on any atom is -0.384 e. The normalized spacial score (nSPS) is 11.8. The lowest BCUT2D eigenvalue weighted by atomic mass is 10.1. The zero-order valence-corrected chi connectivity index (χ0v) is 15.5. The second-order valence-corrected chi connectivity index (χ2v) is 7.54. The molecular weight excluding hydrogens is 361 g/mol. The van der Waals surface area contributed by atoms with Crippen LogP contribution in [0.2, 0.25) is 0 Å². The lowest BCUT2D eigenvalue weighted by Gasteiger charge is -2.13. The average Bonchev–Trinajstić information content (AvgIpc) is 2.68. The fourth-order valence-corrected chi connectivity index (χ4v) is 2.88. The van der Waals surface area contributed by atoms with Crippen molar-refractivity contribution < 1.29 is 14.4 Å². The van der Waals surface area contributed by atoms with Gasteiger partial charge in [-0.05, 0) is 16.7 Å². The van der Waals surface area contributed by atoms with E-state index in [0.717, 1.165) is 0 Å². The molecule has 0 aliphatic carbocycles. The van der Waals surface area contributed by atoms with Crippen LogP contribution < -0.4 is 11.5 Å². The maximum atomic E-state index is 10.9. The maximum Gasteiger partial charge on any atom is 0.346 e. The summed E-state index contributed by atoms with van der Waals surface area (Å²) < 4.78 is 10.9. The molecule has 0 aromatic heterocycles. The van der Waals surface area contributed by atoms with Crippen LogP contribution in [0, 0.1) is 5.41 Å². The van der Waals surface area contributed by atoms with Gasteiger partial charge in [-0.1, -0.05) is 84.9 Å². The van der Waals surface area contributed by atoms with E-state index in [0.29, 0.717) is 11.1 Å². The summed E-state index contributed by atoms with van der Waals surface area (Å²) in [5.74, 6) is -1.44. The highest BCUT2D eigenvalue weighted by Crippen LogP contribution is 2.47. The van der Waals surface area contributed by atoms with E-state index in [1.807, 2.05) is 12.1 Å². The summed E-state index contributed by atoms with van der Waals surface area (Å²) in [5, 5.41) is 7.13. The van der Waals surface area contributed by atoms with Crippen molar-refractivity contribution in [2.75, 3.05) is 0 Å². The summed E-state index contributed by atoms with van der Waals surface area (Å²) in [6, 6.07) is 26.7. The number of benzene rings is 3. The molecule has 6 nitrogen and oxygen atoms in total. The van der Waals surface area contributed by atoms with E-state index in [1.54, 1.807) is 0 Å². The Bertz CT molecular complexity index is 873. The summed E-state index contributed by atoms with van der Waals surface area (Å²) in [5.41, 5.74) is 13.9. The van der Waals surface area contributed by atoms with Gasteiger partial charge in [0.2, 0.25) is 0 Å². The Morgan fingerprint density at radius 1 is 0.815 bits per heavy atom. The highest BCUT2D eigenvalue weighted by molar-refractivity contribution is 7.52. The molecule has 3 aromatic rings. The first-order chi connectivity index (χ1) is 12.8. The summed E-state index contributed by atoms with van der Waals surface area (Å²) in [7, 11) is -4.32. The number of hydrogen-bond donors (Lipinski definition) is 5. The van der Waals surface area contributed by atoms with Gasteiger partial charge in [-0.25, -0.2) is 0 Å². The van der Waals surface area contributed by atoms with Crippen LogP contribution in [0.5, 0.6) is 0 Å². The van der Waals surface area contributed by atoms with Gasteiger partial charge in [-0.2, -0.15) is 0 Å². The SMILES string of the molecule is N=C(N)c1ccc(C(N)P(=O)(O)O)cc1.c1ccc(-c2ccccc2)cc1. The van der Waals surface area contributed by atoms with E-state index < -0.39 is 13.4 Å². The van der Waals surface area contributed by atoms with Crippen molar-refractivity contribution in [3.63, 3.8) is 0 Å². The van der Waals surface area contributed by atoms with Gasteiger partial charge < -0.3 is 21.3 Å². The predicted molar refractivity (Wildman–Crippen MR) is 108 cm³/mol. The molecule has 0 aliphatic heterocycles. The van der Waals surface area contributed by atoms with E-state index in [9.17, 15) is 4.57 Å². The standard InChI is InChI=1S/C12H10.C8H12N3O3P/c1-3-7-11(8-4-1)12-9-5-2-6-10-12;9-7(10)5-1-3-6(4-2-5)8(11)15(12,13)14/h1-10H;1-4,8H,11H2,(H3,9,10)(H2,12,13,14). The smallest absolute Gasteiger partial charge is 0.346 e. The molecule has 3 aromatic carbocycles. The van der Waals surface area contributed by atoms with Crippen LogP contribution in [0.1, 0.15) is 16.9 Å². The predicted octanol–water partition coefficient (Wildman–Crippen LogP) is 3.46. The van der Waals surface area contributed by atoms with Gasteiger partial charge in [0.05, 0.1) is 0 Å². The third kappa shape index (κ3) is 6.16. The van der Waals surface area contributed by atoms with E-state index in [2.05, 4.69) is 48.5 Å². The third-order valence-electron chi connectivity index (χ3n) is 3.81. The molecule has 7 heteroatoms. The molecule has 0 fully saturated rings. The molecule has 7 N–H and O–H groups in total. The van der Waals surface area contributed by atoms with Gasteiger partial charge in [0.1, 0.15) is 11.6 Å². The first-order valence-electron chi connectivity index (χ1n) is 8.14. The third-order valence-corrected chi connectivity index (χ3v) is 4.83. The number of amidine groups is 1. The molecule has 0 saturated carbocycles. The fraction of sp³-hybridized carbons (Fsp3) is 0.0500. The largest absolute Gasteiger partial charge is 0.384 e. The Morgan fingerprint density at radius 2 is 1.22 bits per heavy atom. The molecular formula is C20H22N3O3P. The second kappa shape index (κ2) is 9.26. The number of nitrogen functional groups attached to an aromatic ring is 1. The monoisotopic (exact) mass is 383 g/mol.